The Morgan fingerprint density at radius 3 is 1.45 bits per heavy atom. The van der Waals surface area contributed by atoms with E-state index in [1.165, 1.54) is 89.9 Å². The minimum Gasteiger partial charge on any atom is -0.462 e. The van der Waals surface area contributed by atoms with Crippen molar-refractivity contribution in [1.29, 1.82) is 0 Å². The molecule has 0 aliphatic rings. The number of rotatable bonds is 46. The summed E-state index contributed by atoms with van der Waals surface area (Å²) in [6.45, 7) is 6.29. The van der Waals surface area contributed by atoms with Crippen LogP contribution in [0.2, 0.25) is 0 Å². The number of hydrogen-bond acceptors (Lipinski definition) is 5. The van der Waals surface area contributed by atoms with Gasteiger partial charge in [0.15, 0.2) is 0 Å². The molecule has 0 aromatic carbocycles. The van der Waals surface area contributed by atoms with Crippen LogP contribution in [0.4, 0.5) is 0 Å². The smallest absolute Gasteiger partial charge is 0.306 e. The molecule has 0 saturated heterocycles. The predicted molar refractivity (Wildman–Crippen MR) is 277 cm³/mol. The topological polar surface area (TPSA) is 95.9 Å². The largest absolute Gasteiger partial charge is 0.462 e. The van der Waals surface area contributed by atoms with Crippen molar-refractivity contribution in [3.63, 3.8) is 0 Å². The number of aliphatic hydroxyl groups excluding tert-OH is 2. The van der Waals surface area contributed by atoms with E-state index in [2.05, 4.69) is 80.8 Å². The predicted octanol–water partition coefficient (Wildman–Crippen LogP) is 16.1. The van der Waals surface area contributed by atoms with Crippen molar-refractivity contribution in [2.45, 2.75) is 251 Å². The average Bonchev–Trinajstić information content (AvgIpc) is 3.29. The number of carbonyl (C=O) groups is 2. The second-order valence-corrected chi connectivity index (χ2v) is 17.7. The van der Waals surface area contributed by atoms with Crippen LogP contribution in [0.25, 0.3) is 0 Å². The summed E-state index contributed by atoms with van der Waals surface area (Å²) in [4.78, 5) is 26.2. The lowest BCUT2D eigenvalue weighted by Crippen LogP contribution is -2.46. The number of allylic oxidation sites excluding steroid dienone is 16. The Labute approximate surface area is 395 Å². The van der Waals surface area contributed by atoms with Gasteiger partial charge in [0.2, 0.25) is 5.91 Å². The zero-order valence-electron chi connectivity index (χ0n) is 41.6. The summed E-state index contributed by atoms with van der Waals surface area (Å²) in [5, 5.41) is 23.8. The number of amides is 1. The van der Waals surface area contributed by atoms with Crippen molar-refractivity contribution < 1.29 is 24.5 Å². The van der Waals surface area contributed by atoms with Gasteiger partial charge in [-0.15, -0.1) is 0 Å². The van der Waals surface area contributed by atoms with Crippen LogP contribution in [0.15, 0.2) is 97.2 Å². The molecular weight excluding hydrogens is 791 g/mol. The fourth-order valence-corrected chi connectivity index (χ4v) is 7.52. The fourth-order valence-electron chi connectivity index (χ4n) is 7.52. The molecule has 0 spiro atoms. The Morgan fingerprint density at radius 1 is 0.484 bits per heavy atom. The van der Waals surface area contributed by atoms with Gasteiger partial charge in [0.1, 0.15) is 6.10 Å². The van der Waals surface area contributed by atoms with Gasteiger partial charge in [-0.25, -0.2) is 0 Å². The highest BCUT2D eigenvalue weighted by Crippen LogP contribution is 2.17. The van der Waals surface area contributed by atoms with Crippen molar-refractivity contribution in [2.24, 2.45) is 0 Å². The van der Waals surface area contributed by atoms with Crippen molar-refractivity contribution in [1.82, 2.24) is 5.32 Å². The summed E-state index contributed by atoms with van der Waals surface area (Å²) in [5.74, 6) is -0.550. The van der Waals surface area contributed by atoms with Crippen LogP contribution in [0, 0.1) is 0 Å². The number of ether oxygens (including phenoxy) is 1. The van der Waals surface area contributed by atoms with Crippen LogP contribution in [-0.2, 0) is 14.3 Å². The summed E-state index contributed by atoms with van der Waals surface area (Å²) >= 11 is 0. The third-order valence-corrected chi connectivity index (χ3v) is 11.5. The molecule has 0 rings (SSSR count). The third-order valence-electron chi connectivity index (χ3n) is 11.5. The average molecular weight is 890 g/mol. The van der Waals surface area contributed by atoms with E-state index in [1.807, 2.05) is 42.5 Å². The molecule has 3 N–H and O–H groups in total. The first-order valence-electron chi connectivity index (χ1n) is 26.5. The van der Waals surface area contributed by atoms with E-state index >= 15 is 0 Å². The van der Waals surface area contributed by atoms with Gasteiger partial charge in [-0.2, -0.15) is 0 Å². The highest BCUT2D eigenvalue weighted by atomic mass is 16.5. The lowest BCUT2D eigenvalue weighted by atomic mass is 10.0. The highest BCUT2D eigenvalue weighted by Gasteiger charge is 2.24. The van der Waals surface area contributed by atoms with E-state index in [4.69, 9.17) is 4.74 Å². The molecule has 6 heteroatoms. The van der Waals surface area contributed by atoms with Crippen LogP contribution in [0.5, 0.6) is 0 Å². The SMILES string of the molecule is CC/C=C/C=C/C=C\C=C/C=C/CCCCCC(=O)OC(CCCCCC/C=C\C/C=C\C/C=C\CCCCC)CC(=O)NC(CO)C(O)CCCCCCCCCCCCCCC. The van der Waals surface area contributed by atoms with E-state index in [0.29, 0.717) is 19.3 Å². The maximum atomic E-state index is 13.2. The molecule has 0 aromatic heterocycles. The monoisotopic (exact) mass is 890 g/mol. The number of unbranched alkanes of at least 4 members (excludes halogenated alkanes) is 22. The van der Waals surface area contributed by atoms with Gasteiger partial charge in [0.25, 0.3) is 0 Å². The van der Waals surface area contributed by atoms with Gasteiger partial charge in [0, 0.05) is 6.42 Å². The number of esters is 1. The molecule has 0 bridgehead atoms. The summed E-state index contributed by atoms with van der Waals surface area (Å²) in [7, 11) is 0. The Kier molecular flexibility index (Phi) is 48.2. The van der Waals surface area contributed by atoms with Gasteiger partial charge in [0.05, 0.1) is 25.2 Å². The molecule has 3 unspecified atom stereocenters. The number of carbonyl (C=O) groups excluding carboxylic acids is 2. The minimum absolute atomic E-state index is 0.0400. The van der Waals surface area contributed by atoms with Crippen molar-refractivity contribution in [3.8, 4) is 0 Å². The summed E-state index contributed by atoms with van der Waals surface area (Å²) in [6.07, 6.45) is 67.4. The van der Waals surface area contributed by atoms with Crippen LogP contribution in [-0.4, -0.2) is 46.9 Å². The van der Waals surface area contributed by atoms with E-state index in [-0.39, 0.29) is 24.9 Å². The molecule has 0 fully saturated rings. The van der Waals surface area contributed by atoms with Crippen LogP contribution in [0.3, 0.4) is 0 Å². The van der Waals surface area contributed by atoms with Gasteiger partial charge < -0.3 is 20.3 Å². The normalized spacial score (nSPS) is 14.0. The lowest BCUT2D eigenvalue weighted by Gasteiger charge is -2.24. The Balaban J connectivity index is 4.74. The molecule has 0 aromatic rings. The maximum Gasteiger partial charge on any atom is 0.306 e. The third kappa shape index (κ3) is 45.4. The molecule has 64 heavy (non-hydrogen) atoms. The highest BCUT2D eigenvalue weighted by molar-refractivity contribution is 5.77. The van der Waals surface area contributed by atoms with E-state index in [0.717, 1.165) is 96.3 Å². The summed E-state index contributed by atoms with van der Waals surface area (Å²) in [6, 6.07) is -0.724. The Bertz CT molecular complexity index is 1270. The van der Waals surface area contributed by atoms with Crippen molar-refractivity contribution in [2.75, 3.05) is 6.61 Å². The lowest BCUT2D eigenvalue weighted by molar-refractivity contribution is -0.151. The maximum absolute atomic E-state index is 13.2. The first kappa shape index (κ1) is 60.8. The van der Waals surface area contributed by atoms with Crippen LogP contribution in [0.1, 0.15) is 233 Å². The number of hydrogen-bond donors (Lipinski definition) is 3. The molecule has 6 nitrogen and oxygen atoms in total. The molecule has 0 aliphatic heterocycles. The van der Waals surface area contributed by atoms with Gasteiger partial charge >= 0.3 is 5.97 Å². The van der Waals surface area contributed by atoms with E-state index < -0.39 is 18.2 Å². The first-order valence-corrected chi connectivity index (χ1v) is 26.5. The molecular formula is C58H99NO5. The van der Waals surface area contributed by atoms with Crippen molar-refractivity contribution in [3.05, 3.63) is 97.2 Å². The van der Waals surface area contributed by atoms with Crippen molar-refractivity contribution >= 4 is 11.9 Å². The van der Waals surface area contributed by atoms with E-state index in [1.54, 1.807) is 0 Å². The quantitative estimate of drug-likeness (QED) is 0.0245. The Hall–Kier alpha value is -3.22. The van der Waals surface area contributed by atoms with Gasteiger partial charge in [-0.05, 0) is 83.5 Å². The molecule has 0 saturated carbocycles. The number of nitrogens with one attached hydrogen (secondary N) is 1. The van der Waals surface area contributed by atoms with Crippen LogP contribution >= 0.6 is 0 Å². The molecule has 1 amide bonds. The zero-order valence-corrected chi connectivity index (χ0v) is 41.6. The van der Waals surface area contributed by atoms with Gasteiger partial charge in [-0.3, -0.25) is 9.59 Å². The molecule has 0 aliphatic carbocycles. The fraction of sp³-hybridized carbons (Fsp3) is 0.690. The minimum atomic E-state index is -0.807. The zero-order chi connectivity index (χ0) is 46.7. The second kappa shape index (κ2) is 50.8. The molecule has 3 atom stereocenters. The summed E-state index contributed by atoms with van der Waals surface area (Å²) in [5.41, 5.74) is 0. The molecule has 0 radical (unpaired) electrons. The Morgan fingerprint density at radius 2 is 0.906 bits per heavy atom. The summed E-state index contributed by atoms with van der Waals surface area (Å²) < 4.78 is 5.91. The second-order valence-electron chi connectivity index (χ2n) is 17.7. The molecule has 366 valence electrons. The van der Waals surface area contributed by atoms with Crippen LogP contribution < -0.4 is 5.32 Å². The van der Waals surface area contributed by atoms with Gasteiger partial charge in [-0.1, -0.05) is 234 Å². The standard InChI is InChI=1S/C58H99NO5/c1-4-7-10-13-16-19-22-25-27-28-30-32-34-37-40-43-46-49-54(64-58(63)51-48-45-42-39-36-33-29-26-23-20-17-14-11-8-5-2)52-57(62)59-55(53-60)56(61)50-47-44-41-38-35-31-24-21-18-15-12-9-6-3/h8,11,14,16-17,19-20,23,25-27,29-30,32-33,36,54-56,60-61H,4-7,9-10,12-13,15,18,21-22,24,28,31,34-35,37-53H2,1-3H3,(H,59,62)/b11-8+,17-14+,19-16-,23-20-,27-25-,29-26-,32-30-,36-33+. The van der Waals surface area contributed by atoms with E-state index in [9.17, 15) is 19.8 Å². The first-order chi connectivity index (χ1) is 31.5. The molecule has 0 heterocycles. The number of aliphatic hydroxyl groups is 2.